The van der Waals surface area contributed by atoms with Gasteiger partial charge in [0.15, 0.2) is 0 Å². The maximum absolute atomic E-state index is 12.3. The van der Waals surface area contributed by atoms with E-state index in [1.54, 1.807) is 0 Å². The minimum absolute atomic E-state index is 0.0207. The maximum atomic E-state index is 12.3. The molecule has 0 aromatic heterocycles. The van der Waals surface area contributed by atoms with Crippen molar-refractivity contribution in [1.29, 1.82) is 0 Å². The van der Waals surface area contributed by atoms with Gasteiger partial charge in [-0.05, 0) is 42.9 Å². The van der Waals surface area contributed by atoms with E-state index in [0.717, 1.165) is 30.7 Å². The Kier molecular flexibility index (Phi) is 6.27. The summed E-state index contributed by atoms with van der Waals surface area (Å²) in [7, 11) is 0. The van der Waals surface area contributed by atoms with Crippen LogP contribution in [0, 0.1) is 5.92 Å². The number of hydrogen-bond acceptors (Lipinski definition) is 2. The van der Waals surface area contributed by atoms with Crippen molar-refractivity contribution in [2.24, 2.45) is 11.7 Å². The summed E-state index contributed by atoms with van der Waals surface area (Å²) < 4.78 is 0. The molecule has 2 rings (SSSR count). The molecule has 1 aromatic carbocycles. The van der Waals surface area contributed by atoms with Gasteiger partial charge in [-0.1, -0.05) is 50.4 Å². The van der Waals surface area contributed by atoms with E-state index in [1.807, 2.05) is 18.2 Å². The Morgan fingerprint density at radius 2 is 2.09 bits per heavy atom. The molecule has 3 atom stereocenters. The number of nitrogens with two attached hydrogens (primary N) is 1. The minimum atomic E-state index is -0.415. The summed E-state index contributed by atoms with van der Waals surface area (Å²) in [6, 6.07) is 7.75. The SMILES string of the molecule is CC(C)C[C@H](N)C(=O)N[C@@H]1CCCC[C@H]1c1cccc(Cl)c1. The summed E-state index contributed by atoms with van der Waals surface area (Å²) in [6.45, 7) is 4.17. The smallest absolute Gasteiger partial charge is 0.237 e. The van der Waals surface area contributed by atoms with Crippen molar-refractivity contribution in [3.8, 4) is 0 Å². The van der Waals surface area contributed by atoms with Crippen molar-refractivity contribution in [3.63, 3.8) is 0 Å². The molecule has 0 unspecified atom stereocenters. The van der Waals surface area contributed by atoms with Gasteiger partial charge in [0.05, 0.1) is 6.04 Å². The van der Waals surface area contributed by atoms with E-state index in [1.165, 1.54) is 12.0 Å². The largest absolute Gasteiger partial charge is 0.351 e. The number of amides is 1. The molecule has 0 heterocycles. The van der Waals surface area contributed by atoms with Gasteiger partial charge in [-0.25, -0.2) is 0 Å². The van der Waals surface area contributed by atoms with E-state index < -0.39 is 6.04 Å². The maximum Gasteiger partial charge on any atom is 0.237 e. The van der Waals surface area contributed by atoms with Crippen molar-refractivity contribution in [2.45, 2.75) is 64.0 Å². The van der Waals surface area contributed by atoms with Gasteiger partial charge in [0.2, 0.25) is 5.91 Å². The van der Waals surface area contributed by atoms with Crippen LogP contribution >= 0.6 is 11.6 Å². The van der Waals surface area contributed by atoms with Gasteiger partial charge in [0.25, 0.3) is 0 Å². The zero-order valence-electron chi connectivity index (χ0n) is 13.5. The van der Waals surface area contributed by atoms with Gasteiger partial charge in [-0.2, -0.15) is 0 Å². The minimum Gasteiger partial charge on any atom is -0.351 e. The Hall–Kier alpha value is -1.06. The number of carbonyl (C=O) groups excluding carboxylic acids is 1. The standard InChI is InChI=1S/C18H27ClN2O/c1-12(2)10-16(20)18(22)21-17-9-4-3-8-15(17)13-6-5-7-14(19)11-13/h5-7,11-12,15-17H,3-4,8-10,20H2,1-2H3,(H,21,22)/t15-,16-,17+/m0/s1. The van der Waals surface area contributed by atoms with E-state index >= 15 is 0 Å². The Morgan fingerprint density at radius 3 is 2.77 bits per heavy atom. The zero-order chi connectivity index (χ0) is 16.1. The van der Waals surface area contributed by atoms with Crippen LogP contribution in [0.3, 0.4) is 0 Å². The first kappa shape index (κ1) is 17.3. The predicted molar refractivity (Wildman–Crippen MR) is 92.0 cm³/mol. The monoisotopic (exact) mass is 322 g/mol. The number of carbonyl (C=O) groups is 1. The summed E-state index contributed by atoms with van der Waals surface area (Å²) in [4.78, 5) is 12.3. The summed E-state index contributed by atoms with van der Waals surface area (Å²) in [5.74, 6) is 0.742. The molecule has 0 spiro atoms. The van der Waals surface area contributed by atoms with Crippen LogP contribution in [-0.4, -0.2) is 18.0 Å². The van der Waals surface area contributed by atoms with Gasteiger partial charge < -0.3 is 11.1 Å². The first-order valence-electron chi connectivity index (χ1n) is 8.28. The normalized spacial score (nSPS) is 23.3. The fourth-order valence-electron chi connectivity index (χ4n) is 3.34. The van der Waals surface area contributed by atoms with Crippen LogP contribution < -0.4 is 11.1 Å². The molecule has 0 radical (unpaired) electrons. The summed E-state index contributed by atoms with van der Waals surface area (Å²) in [5.41, 5.74) is 7.23. The average molecular weight is 323 g/mol. The van der Waals surface area contributed by atoms with Gasteiger partial charge >= 0.3 is 0 Å². The summed E-state index contributed by atoms with van der Waals surface area (Å²) >= 11 is 6.12. The van der Waals surface area contributed by atoms with Gasteiger partial charge in [0, 0.05) is 17.0 Å². The zero-order valence-corrected chi connectivity index (χ0v) is 14.3. The number of hydrogen-bond donors (Lipinski definition) is 2. The molecular weight excluding hydrogens is 296 g/mol. The lowest BCUT2D eigenvalue weighted by Crippen LogP contribution is -2.48. The molecule has 122 valence electrons. The Labute approximate surface area is 138 Å². The molecule has 1 saturated carbocycles. The lowest BCUT2D eigenvalue weighted by molar-refractivity contribution is -0.123. The highest BCUT2D eigenvalue weighted by molar-refractivity contribution is 6.30. The number of nitrogens with one attached hydrogen (secondary N) is 1. The van der Waals surface area contributed by atoms with Gasteiger partial charge in [0.1, 0.15) is 0 Å². The van der Waals surface area contributed by atoms with Crippen molar-refractivity contribution < 1.29 is 4.79 Å². The van der Waals surface area contributed by atoms with Crippen LogP contribution in [0.25, 0.3) is 0 Å². The van der Waals surface area contributed by atoms with E-state index in [2.05, 4.69) is 25.2 Å². The molecule has 3 N–H and O–H groups in total. The molecule has 0 bridgehead atoms. The summed E-state index contributed by atoms with van der Waals surface area (Å²) in [6.07, 6.45) is 5.17. The predicted octanol–water partition coefficient (Wildman–Crippen LogP) is 3.86. The Bertz CT molecular complexity index is 504. The number of halogens is 1. The number of benzene rings is 1. The lowest BCUT2D eigenvalue weighted by Gasteiger charge is -2.33. The third-order valence-electron chi connectivity index (χ3n) is 4.43. The third-order valence-corrected chi connectivity index (χ3v) is 4.67. The molecule has 0 aliphatic heterocycles. The lowest BCUT2D eigenvalue weighted by atomic mass is 9.80. The van der Waals surface area contributed by atoms with Crippen molar-refractivity contribution in [3.05, 3.63) is 34.9 Å². The molecule has 22 heavy (non-hydrogen) atoms. The van der Waals surface area contributed by atoms with Crippen LogP contribution in [0.2, 0.25) is 5.02 Å². The quantitative estimate of drug-likeness (QED) is 0.865. The summed E-state index contributed by atoms with van der Waals surface area (Å²) in [5, 5.41) is 3.94. The molecule has 1 fully saturated rings. The van der Waals surface area contributed by atoms with Gasteiger partial charge in [-0.15, -0.1) is 0 Å². The highest BCUT2D eigenvalue weighted by Crippen LogP contribution is 2.34. The van der Waals surface area contributed by atoms with Crippen molar-refractivity contribution in [2.75, 3.05) is 0 Å². The van der Waals surface area contributed by atoms with E-state index in [0.29, 0.717) is 11.8 Å². The average Bonchev–Trinajstić information content (AvgIpc) is 2.47. The molecule has 3 nitrogen and oxygen atoms in total. The van der Waals surface area contributed by atoms with Crippen LogP contribution in [0.5, 0.6) is 0 Å². The van der Waals surface area contributed by atoms with Crippen molar-refractivity contribution >= 4 is 17.5 Å². The second-order valence-corrected chi connectivity index (χ2v) is 7.23. The Balaban J connectivity index is 2.05. The molecule has 1 amide bonds. The fraction of sp³-hybridized carbons (Fsp3) is 0.611. The molecule has 1 aromatic rings. The second kappa shape index (κ2) is 7.98. The van der Waals surface area contributed by atoms with Gasteiger partial charge in [-0.3, -0.25) is 4.79 Å². The highest BCUT2D eigenvalue weighted by Gasteiger charge is 2.29. The van der Waals surface area contributed by atoms with Crippen LogP contribution in [-0.2, 0) is 4.79 Å². The first-order chi connectivity index (χ1) is 10.5. The molecule has 4 heteroatoms. The molecule has 1 aliphatic carbocycles. The van der Waals surface area contributed by atoms with E-state index in [9.17, 15) is 4.79 Å². The first-order valence-corrected chi connectivity index (χ1v) is 8.66. The second-order valence-electron chi connectivity index (χ2n) is 6.80. The Morgan fingerprint density at radius 1 is 1.36 bits per heavy atom. The van der Waals surface area contributed by atoms with E-state index in [-0.39, 0.29) is 11.9 Å². The molecule has 1 aliphatic rings. The number of rotatable bonds is 5. The highest BCUT2D eigenvalue weighted by atomic mass is 35.5. The molecular formula is C18H27ClN2O. The van der Waals surface area contributed by atoms with Crippen LogP contribution in [0.15, 0.2) is 24.3 Å². The van der Waals surface area contributed by atoms with Crippen LogP contribution in [0.4, 0.5) is 0 Å². The molecule has 0 saturated heterocycles. The van der Waals surface area contributed by atoms with E-state index in [4.69, 9.17) is 17.3 Å². The fourth-order valence-corrected chi connectivity index (χ4v) is 3.54. The third kappa shape index (κ3) is 4.72. The van der Waals surface area contributed by atoms with Crippen molar-refractivity contribution in [1.82, 2.24) is 5.32 Å². The topological polar surface area (TPSA) is 55.1 Å². The van der Waals surface area contributed by atoms with Crippen LogP contribution in [0.1, 0.15) is 57.4 Å².